The van der Waals surface area contributed by atoms with Crippen LogP contribution in [0.3, 0.4) is 0 Å². The van der Waals surface area contributed by atoms with Crippen molar-refractivity contribution in [1.29, 1.82) is 0 Å². The molecule has 124 valence electrons. The smallest absolute Gasteiger partial charge is 0.339 e. The maximum Gasteiger partial charge on any atom is 0.339 e. The summed E-state index contributed by atoms with van der Waals surface area (Å²) in [6.07, 6.45) is 0.861. The van der Waals surface area contributed by atoms with E-state index in [1.54, 1.807) is 25.1 Å². The highest BCUT2D eigenvalue weighted by Gasteiger charge is 2.19. The molecule has 0 atom stereocenters. The summed E-state index contributed by atoms with van der Waals surface area (Å²) >= 11 is 5.46. The average Bonchev–Trinajstić information content (AvgIpc) is 2.81. The lowest BCUT2D eigenvalue weighted by Crippen LogP contribution is -2.38. The van der Waals surface area contributed by atoms with Crippen molar-refractivity contribution < 1.29 is 14.3 Å². The lowest BCUT2D eigenvalue weighted by atomic mass is 10.2. The van der Waals surface area contributed by atoms with Gasteiger partial charge in [-0.2, -0.15) is 0 Å². The van der Waals surface area contributed by atoms with Gasteiger partial charge in [0.2, 0.25) is 5.91 Å². The molecule has 1 aromatic rings. The number of benzene rings is 1. The first-order valence-electron chi connectivity index (χ1n) is 7.51. The number of esters is 1. The molecule has 1 aliphatic rings. The minimum absolute atomic E-state index is 0.0850. The Labute approximate surface area is 141 Å². The van der Waals surface area contributed by atoms with E-state index >= 15 is 0 Å². The summed E-state index contributed by atoms with van der Waals surface area (Å²) in [6, 6.07) is 7.09. The number of nitrogens with one attached hydrogen (secondary N) is 1. The van der Waals surface area contributed by atoms with Crippen LogP contribution in [0, 0.1) is 0 Å². The van der Waals surface area contributed by atoms with Gasteiger partial charge >= 0.3 is 5.97 Å². The molecule has 1 heterocycles. The van der Waals surface area contributed by atoms with Crippen LogP contribution >= 0.6 is 12.2 Å². The van der Waals surface area contributed by atoms with Crippen LogP contribution < -0.4 is 5.32 Å². The van der Waals surface area contributed by atoms with Crippen LogP contribution in [0.5, 0.6) is 0 Å². The minimum Gasteiger partial charge on any atom is -0.465 e. The van der Waals surface area contributed by atoms with E-state index in [4.69, 9.17) is 17.0 Å². The second-order valence-electron chi connectivity index (χ2n) is 5.31. The summed E-state index contributed by atoms with van der Waals surface area (Å²) in [5.74, 6) is -0.323. The third kappa shape index (κ3) is 4.41. The molecule has 0 spiro atoms. The van der Waals surface area contributed by atoms with Crippen LogP contribution in [0.2, 0.25) is 0 Å². The summed E-state index contributed by atoms with van der Waals surface area (Å²) in [6.45, 7) is 4.42. The molecule has 0 bridgehead atoms. The fraction of sp³-hybridized carbons (Fsp3) is 0.438. The molecule has 0 saturated carbocycles. The lowest BCUT2D eigenvalue weighted by molar-refractivity contribution is -0.128. The molecule has 1 saturated heterocycles. The molecular formula is C16H21N3O3S. The maximum atomic E-state index is 11.8. The first-order chi connectivity index (χ1) is 11.0. The Hall–Kier alpha value is -2.15. The maximum absolute atomic E-state index is 11.8. The third-order valence-electron chi connectivity index (χ3n) is 3.80. The minimum atomic E-state index is -0.408. The normalized spacial score (nSPS) is 14.9. The van der Waals surface area contributed by atoms with Gasteiger partial charge in [0.25, 0.3) is 0 Å². The number of hydrogen-bond acceptors (Lipinski definition) is 4. The van der Waals surface area contributed by atoms with Crippen LogP contribution in [0.4, 0.5) is 5.69 Å². The number of rotatable bonds is 2. The predicted octanol–water partition coefficient (Wildman–Crippen LogP) is 1.72. The molecule has 1 aromatic carbocycles. The lowest BCUT2D eigenvalue weighted by Gasteiger charge is -2.25. The van der Waals surface area contributed by atoms with Gasteiger partial charge in [-0.25, -0.2) is 4.79 Å². The van der Waals surface area contributed by atoms with Crippen molar-refractivity contribution in [2.45, 2.75) is 13.3 Å². The molecule has 2 rings (SSSR count). The number of nitrogens with zero attached hydrogens (tertiary/aromatic N) is 2. The Kier molecular flexibility index (Phi) is 5.92. The quantitative estimate of drug-likeness (QED) is 0.656. The van der Waals surface area contributed by atoms with Crippen molar-refractivity contribution in [3.8, 4) is 0 Å². The highest BCUT2D eigenvalue weighted by Crippen LogP contribution is 2.17. The summed E-state index contributed by atoms with van der Waals surface area (Å²) in [5.41, 5.74) is 1.06. The first kappa shape index (κ1) is 17.2. The van der Waals surface area contributed by atoms with E-state index in [0.29, 0.717) is 29.5 Å². The van der Waals surface area contributed by atoms with Gasteiger partial charge in [-0.15, -0.1) is 0 Å². The van der Waals surface area contributed by atoms with Gasteiger partial charge in [-0.05, 0) is 30.8 Å². The number of hydrogen-bond donors (Lipinski definition) is 1. The van der Waals surface area contributed by atoms with E-state index in [1.807, 2.05) is 15.9 Å². The number of thiocarbonyl (C=S) groups is 1. The van der Waals surface area contributed by atoms with Gasteiger partial charge < -0.3 is 19.9 Å². The Bertz CT molecular complexity index is 606. The Balaban J connectivity index is 2.05. The van der Waals surface area contributed by atoms with Crippen molar-refractivity contribution in [1.82, 2.24) is 9.80 Å². The molecule has 0 unspecified atom stereocenters. The zero-order chi connectivity index (χ0) is 16.8. The third-order valence-corrected chi connectivity index (χ3v) is 4.16. The van der Waals surface area contributed by atoms with Crippen LogP contribution in [0.1, 0.15) is 23.7 Å². The van der Waals surface area contributed by atoms with E-state index in [0.717, 1.165) is 19.5 Å². The van der Waals surface area contributed by atoms with Crippen molar-refractivity contribution >= 4 is 34.9 Å². The Morgan fingerprint density at radius 3 is 2.48 bits per heavy atom. The zero-order valence-corrected chi connectivity index (χ0v) is 14.2. The number of carbonyl (C=O) groups is 2. The number of ether oxygens (including phenoxy) is 1. The second-order valence-corrected chi connectivity index (χ2v) is 5.70. The summed E-state index contributed by atoms with van der Waals surface area (Å²) in [4.78, 5) is 27.1. The number of amides is 1. The molecule has 0 aliphatic carbocycles. The van der Waals surface area contributed by atoms with E-state index < -0.39 is 5.97 Å². The SMILES string of the molecule is COC(=O)c1ccccc1NC(=S)N1CCCN(C(C)=O)CC1. The fourth-order valence-electron chi connectivity index (χ4n) is 2.51. The average molecular weight is 335 g/mol. The highest BCUT2D eigenvalue weighted by molar-refractivity contribution is 7.80. The van der Waals surface area contributed by atoms with Crippen molar-refractivity contribution in [3.05, 3.63) is 29.8 Å². The van der Waals surface area contributed by atoms with E-state index in [-0.39, 0.29) is 5.91 Å². The summed E-state index contributed by atoms with van der Waals surface area (Å²) < 4.78 is 4.78. The number of anilines is 1. The van der Waals surface area contributed by atoms with Crippen LogP contribution in [-0.4, -0.2) is 60.1 Å². The molecule has 0 radical (unpaired) electrons. The monoisotopic (exact) mass is 335 g/mol. The highest BCUT2D eigenvalue weighted by atomic mass is 32.1. The van der Waals surface area contributed by atoms with Gasteiger partial charge in [0.15, 0.2) is 5.11 Å². The Morgan fingerprint density at radius 2 is 1.78 bits per heavy atom. The fourth-order valence-corrected chi connectivity index (χ4v) is 2.80. The molecule has 7 heteroatoms. The topological polar surface area (TPSA) is 61.9 Å². The molecule has 0 aromatic heterocycles. The van der Waals surface area contributed by atoms with E-state index in [9.17, 15) is 9.59 Å². The molecule has 1 amide bonds. The van der Waals surface area contributed by atoms with Crippen LogP contribution in [0.15, 0.2) is 24.3 Å². The molecule has 1 aliphatic heterocycles. The largest absolute Gasteiger partial charge is 0.465 e. The number of carbonyl (C=O) groups excluding carboxylic acids is 2. The van der Waals surface area contributed by atoms with Crippen molar-refractivity contribution in [2.24, 2.45) is 0 Å². The van der Waals surface area contributed by atoms with Crippen molar-refractivity contribution in [2.75, 3.05) is 38.6 Å². The molecule has 1 N–H and O–H groups in total. The first-order valence-corrected chi connectivity index (χ1v) is 7.92. The molecule has 1 fully saturated rings. The predicted molar refractivity (Wildman–Crippen MR) is 92.4 cm³/mol. The van der Waals surface area contributed by atoms with Gasteiger partial charge in [0.1, 0.15) is 0 Å². The van der Waals surface area contributed by atoms with E-state index in [1.165, 1.54) is 7.11 Å². The van der Waals surface area contributed by atoms with Gasteiger partial charge in [-0.1, -0.05) is 12.1 Å². The second kappa shape index (κ2) is 7.92. The standard InChI is InChI=1S/C16H21N3O3S/c1-12(20)18-8-5-9-19(11-10-18)16(23)17-14-7-4-3-6-13(14)15(21)22-2/h3-4,6-7H,5,8-11H2,1-2H3,(H,17,23). The van der Waals surface area contributed by atoms with Gasteiger partial charge in [0, 0.05) is 33.1 Å². The van der Waals surface area contributed by atoms with Crippen molar-refractivity contribution in [3.63, 3.8) is 0 Å². The zero-order valence-electron chi connectivity index (χ0n) is 13.4. The van der Waals surface area contributed by atoms with Crippen LogP contribution in [0.25, 0.3) is 0 Å². The number of para-hydroxylation sites is 1. The molecular weight excluding hydrogens is 314 g/mol. The van der Waals surface area contributed by atoms with Crippen LogP contribution in [-0.2, 0) is 9.53 Å². The molecule has 6 nitrogen and oxygen atoms in total. The van der Waals surface area contributed by atoms with E-state index in [2.05, 4.69) is 5.32 Å². The van der Waals surface area contributed by atoms with Gasteiger partial charge in [0.05, 0.1) is 18.4 Å². The van der Waals surface area contributed by atoms with Gasteiger partial charge in [-0.3, -0.25) is 4.79 Å². The summed E-state index contributed by atoms with van der Waals surface area (Å²) in [7, 11) is 1.35. The Morgan fingerprint density at radius 1 is 1.13 bits per heavy atom. The molecule has 23 heavy (non-hydrogen) atoms. The summed E-state index contributed by atoms with van der Waals surface area (Å²) in [5, 5.41) is 3.67. The number of methoxy groups -OCH3 is 1.